The van der Waals surface area contributed by atoms with Crippen LogP contribution >= 0.6 is 0 Å². The molecule has 2 N–H and O–H groups in total. The van der Waals surface area contributed by atoms with Crippen molar-refractivity contribution in [1.82, 2.24) is 24.6 Å². The van der Waals surface area contributed by atoms with Gasteiger partial charge in [-0.25, -0.2) is 9.37 Å². The van der Waals surface area contributed by atoms with E-state index in [1.807, 2.05) is 13.1 Å². The van der Waals surface area contributed by atoms with Gasteiger partial charge in [0.25, 0.3) is 0 Å². The highest BCUT2D eigenvalue weighted by molar-refractivity contribution is 5.76. The van der Waals surface area contributed by atoms with Crippen LogP contribution in [0.3, 0.4) is 0 Å². The number of hydrogen-bond acceptors (Lipinski definition) is 4. The van der Waals surface area contributed by atoms with E-state index < -0.39 is 0 Å². The highest BCUT2D eigenvalue weighted by atomic mass is 19.1. The molecule has 7 nitrogen and oxygen atoms in total. The maximum Gasteiger partial charge on any atom is 0.244 e. The number of nitrogens with zero attached hydrogens (tertiary/aromatic N) is 4. The van der Waals surface area contributed by atoms with Gasteiger partial charge in [0.2, 0.25) is 5.91 Å². The molecule has 1 fully saturated rings. The molecule has 1 saturated carbocycles. The van der Waals surface area contributed by atoms with Crippen molar-refractivity contribution in [2.24, 2.45) is 0 Å². The summed E-state index contributed by atoms with van der Waals surface area (Å²) < 4.78 is 15.0. The normalized spacial score (nSPS) is 19.0. The summed E-state index contributed by atoms with van der Waals surface area (Å²) in [5, 5.41) is 14.3. The Kier molecular flexibility index (Phi) is 5.94. The molecule has 1 amide bonds. The van der Waals surface area contributed by atoms with E-state index in [0.717, 1.165) is 36.9 Å². The quantitative estimate of drug-likeness (QED) is 0.653. The lowest BCUT2D eigenvalue weighted by Crippen LogP contribution is -2.42. The lowest BCUT2D eigenvalue weighted by molar-refractivity contribution is -0.133. The molecule has 8 heteroatoms. The lowest BCUT2D eigenvalue weighted by Gasteiger charge is -2.33. The Balaban J connectivity index is 1.54. The highest BCUT2D eigenvalue weighted by Crippen LogP contribution is 2.23. The number of aromatic nitrogens is 4. The van der Waals surface area contributed by atoms with Gasteiger partial charge in [-0.05, 0) is 49.4 Å². The van der Waals surface area contributed by atoms with E-state index in [-0.39, 0.29) is 30.4 Å². The summed E-state index contributed by atoms with van der Waals surface area (Å²) >= 11 is 0. The second-order valence-electron chi connectivity index (χ2n) is 7.90. The first-order valence-electron chi connectivity index (χ1n) is 10.2. The molecule has 0 saturated heterocycles. The zero-order chi connectivity index (χ0) is 21.1. The summed E-state index contributed by atoms with van der Waals surface area (Å²) in [6.45, 7) is 0.122. The van der Waals surface area contributed by atoms with Crippen LogP contribution in [0.25, 0.3) is 11.4 Å². The van der Waals surface area contributed by atoms with Crippen molar-refractivity contribution in [3.8, 4) is 11.4 Å². The van der Waals surface area contributed by atoms with Gasteiger partial charge < -0.3 is 15.0 Å². The number of likely N-dealkylation sites (N-methyl/N-ethyl adjacent to an activating group) is 1. The second-order valence-corrected chi connectivity index (χ2v) is 7.90. The number of rotatable bonds is 6. The van der Waals surface area contributed by atoms with Crippen LogP contribution < -0.4 is 0 Å². The van der Waals surface area contributed by atoms with E-state index in [2.05, 4.69) is 15.1 Å². The first-order chi connectivity index (χ1) is 14.5. The van der Waals surface area contributed by atoms with Crippen LogP contribution in [0.5, 0.6) is 0 Å². The minimum absolute atomic E-state index is 0.0200. The maximum atomic E-state index is 13.3. The third-order valence-corrected chi connectivity index (χ3v) is 5.81. The van der Waals surface area contributed by atoms with E-state index in [9.17, 15) is 14.3 Å². The topological polar surface area (TPSA) is 87.0 Å². The molecule has 0 atom stereocenters. The molecule has 0 spiro atoms. The summed E-state index contributed by atoms with van der Waals surface area (Å²) in [4.78, 5) is 21.9. The number of H-pyrrole nitrogens is 1. The standard InChI is InChI=1S/C22H26FN5O2/c1-27(17-6-8-19(29)9-7-17)22(30)13-28-18(10-15-2-4-16(23)5-3-15)11-20(26-28)21-12-24-14-25-21/h2-5,11-12,14,17,19,29H,6-10,13H2,1H3,(H,24,25)/t17-,19-. The molecule has 3 aromatic rings. The van der Waals surface area contributed by atoms with Gasteiger partial charge in [0.15, 0.2) is 0 Å². The van der Waals surface area contributed by atoms with Gasteiger partial charge in [0.05, 0.1) is 12.4 Å². The first-order valence-corrected chi connectivity index (χ1v) is 10.2. The molecule has 1 aliphatic rings. The van der Waals surface area contributed by atoms with E-state index in [1.54, 1.807) is 34.2 Å². The van der Waals surface area contributed by atoms with Crippen molar-refractivity contribution in [2.75, 3.05) is 7.05 Å². The average molecular weight is 411 g/mol. The van der Waals surface area contributed by atoms with E-state index in [1.165, 1.54) is 12.1 Å². The number of halogens is 1. The lowest BCUT2D eigenvalue weighted by atomic mass is 9.92. The van der Waals surface area contributed by atoms with Gasteiger partial charge in [-0.15, -0.1) is 0 Å². The summed E-state index contributed by atoms with van der Waals surface area (Å²) in [6.07, 6.45) is 6.69. The fraction of sp³-hybridized carbons (Fsp3) is 0.409. The van der Waals surface area contributed by atoms with Crippen molar-refractivity contribution < 1.29 is 14.3 Å². The number of hydrogen-bond donors (Lipinski definition) is 2. The molecule has 158 valence electrons. The molecule has 2 aromatic heterocycles. The molecule has 30 heavy (non-hydrogen) atoms. The maximum absolute atomic E-state index is 13.3. The predicted molar refractivity (Wildman–Crippen MR) is 110 cm³/mol. The Bertz CT molecular complexity index is 976. The number of imidazole rings is 1. The third-order valence-electron chi connectivity index (χ3n) is 5.81. The smallest absolute Gasteiger partial charge is 0.244 e. The molecule has 1 aromatic carbocycles. The monoisotopic (exact) mass is 411 g/mol. The molecule has 1 aliphatic carbocycles. The molecular formula is C22H26FN5O2. The summed E-state index contributed by atoms with van der Waals surface area (Å²) in [7, 11) is 1.82. The number of benzene rings is 1. The van der Waals surface area contributed by atoms with Crippen molar-refractivity contribution >= 4 is 5.91 Å². The number of nitrogens with one attached hydrogen (secondary N) is 1. The number of aliphatic hydroxyl groups excluding tert-OH is 1. The number of aliphatic hydroxyl groups is 1. The average Bonchev–Trinajstić information content (AvgIpc) is 3.40. The Labute approximate surface area is 174 Å². The van der Waals surface area contributed by atoms with Gasteiger partial charge in [-0.1, -0.05) is 12.1 Å². The van der Waals surface area contributed by atoms with Gasteiger partial charge in [-0.3, -0.25) is 9.48 Å². The Morgan fingerprint density at radius 1 is 1.23 bits per heavy atom. The largest absolute Gasteiger partial charge is 0.393 e. The number of carbonyl (C=O) groups is 1. The van der Waals surface area contributed by atoms with Crippen LogP contribution in [0, 0.1) is 5.82 Å². The zero-order valence-corrected chi connectivity index (χ0v) is 17.0. The van der Waals surface area contributed by atoms with Gasteiger partial charge >= 0.3 is 0 Å². The SMILES string of the molecule is CN(C(=O)Cn1nc(-c2c[nH]cn2)cc1Cc1ccc(F)cc1)[C@H]1CC[C@H](O)CC1. The van der Waals surface area contributed by atoms with Crippen molar-refractivity contribution in [2.45, 2.75) is 50.8 Å². The summed E-state index contributed by atoms with van der Waals surface area (Å²) in [5.41, 5.74) is 3.19. The van der Waals surface area contributed by atoms with Crippen molar-refractivity contribution in [3.05, 3.63) is 59.9 Å². The minimum Gasteiger partial charge on any atom is -0.393 e. The molecule has 4 rings (SSSR count). The van der Waals surface area contributed by atoms with E-state index >= 15 is 0 Å². The second kappa shape index (κ2) is 8.79. The highest BCUT2D eigenvalue weighted by Gasteiger charge is 2.26. The fourth-order valence-electron chi connectivity index (χ4n) is 3.96. The fourth-order valence-corrected chi connectivity index (χ4v) is 3.96. The molecular weight excluding hydrogens is 385 g/mol. The number of aromatic amines is 1. The Hall–Kier alpha value is -3.00. The molecule has 2 heterocycles. The molecule has 0 radical (unpaired) electrons. The van der Waals surface area contributed by atoms with Crippen LogP contribution in [-0.2, 0) is 17.8 Å². The minimum atomic E-state index is -0.279. The van der Waals surface area contributed by atoms with Gasteiger partial charge in [0.1, 0.15) is 23.7 Å². The van der Waals surface area contributed by atoms with Crippen LogP contribution in [0.1, 0.15) is 36.9 Å². The number of amides is 1. The third kappa shape index (κ3) is 4.59. The molecule has 0 bridgehead atoms. The van der Waals surface area contributed by atoms with Gasteiger partial charge in [-0.2, -0.15) is 5.10 Å². The van der Waals surface area contributed by atoms with Gasteiger partial charge in [0, 0.05) is 31.4 Å². The van der Waals surface area contributed by atoms with E-state index in [0.29, 0.717) is 17.8 Å². The summed E-state index contributed by atoms with van der Waals surface area (Å²) in [5.74, 6) is -0.299. The number of carbonyl (C=O) groups excluding carboxylic acids is 1. The Morgan fingerprint density at radius 3 is 2.63 bits per heavy atom. The zero-order valence-electron chi connectivity index (χ0n) is 17.0. The molecule has 0 aliphatic heterocycles. The first kappa shape index (κ1) is 20.3. The van der Waals surface area contributed by atoms with Crippen LogP contribution in [0.4, 0.5) is 4.39 Å². The summed E-state index contributed by atoms with van der Waals surface area (Å²) in [6, 6.07) is 8.40. The van der Waals surface area contributed by atoms with Crippen LogP contribution in [-0.4, -0.2) is 54.9 Å². The van der Waals surface area contributed by atoms with E-state index in [4.69, 9.17) is 0 Å². The Morgan fingerprint density at radius 2 is 1.97 bits per heavy atom. The van der Waals surface area contributed by atoms with Crippen LogP contribution in [0.15, 0.2) is 42.9 Å². The van der Waals surface area contributed by atoms with Crippen LogP contribution in [0.2, 0.25) is 0 Å². The van der Waals surface area contributed by atoms with Crippen molar-refractivity contribution in [1.29, 1.82) is 0 Å². The predicted octanol–water partition coefficient (Wildman–Crippen LogP) is 2.77. The van der Waals surface area contributed by atoms with Crippen molar-refractivity contribution in [3.63, 3.8) is 0 Å². The molecule has 0 unspecified atom stereocenters.